The number of carbonyl (C=O) groups is 2. The molecule has 0 aromatic carbocycles. The molecule has 6 heteroatoms. The molecular weight excluding hydrogens is 264 g/mol. The van der Waals surface area contributed by atoms with E-state index in [9.17, 15) is 9.59 Å². The molecule has 3 atom stereocenters. The number of amides is 2. The highest BCUT2D eigenvalue weighted by Crippen LogP contribution is 2.24. The Bertz CT molecular complexity index is 336. The molecule has 0 bridgehead atoms. The Balaban J connectivity index is 2.52. The van der Waals surface area contributed by atoms with Crippen LogP contribution in [0.15, 0.2) is 0 Å². The molecule has 1 aliphatic rings. The van der Waals surface area contributed by atoms with E-state index in [1.165, 1.54) is 0 Å². The largest absolute Gasteiger partial charge is 0.481 e. The standard InChI is InChI=1S/C13H24N2O3S/c1-8(2)11(12(16)17)7-14-13(18)15-5-6-19-10(4)9(15)3/h8-11H,5-7H2,1-4H3,(H,14,18)(H,16,17). The summed E-state index contributed by atoms with van der Waals surface area (Å²) in [4.78, 5) is 25.0. The number of carboxylic acid groups (broad SMARTS) is 1. The number of urea groups is 1. The molecule has 2 N–H and O–H groups in total. The minimum Gasteiger partial charge on any atom is -0.481 e. The molecule has 3 unspecified atom stereocenters. The smallest absolute Gasteiger partial charge is 0.317 e. The first-order valence-electron chi connectivity index (χ1n) is 6.73. The normalized spacial score (nSPS) is 25.2. The van der Waals surface area contributed by atoms with E-state index in [1.807, 2.05) is 32.5 Å². The predicted octanol–water partition coefficient (Wildman–Crippen LogP) is 1.88. The van der Waals surface area contributed by atoms with Crippen molar-refractivity contribution in [3.8, 4) is 0 Å². The van der Waals surface area contributed by atoms with Gasteiger partial charge in [-0.2, -0.15) is 11.8 Å². The van der Waals surface area contributed by atoms with Crippen molar-refractivity contribution in [3.63, 3.8) is 0 Å². The second-order valence-electron chi connectivity index (χ2n) is 5.38. The highest BCUT2D eigenvalue weighted by atomic mass is 32.2. The molecule has 0 radical (unpaired) electrons. The zero-order valence-electron chi connectivity index (χ0n) is 12.0. The number of nitrogens with one attached hydrogen (secondary N) is 1. The fourth-order valence-electron chi connectivity index (χ4n) is 2.13. The van der Waals surface area contributed by atoms with Gasteiger partial charge in [-0.05, 0) is 12.8 Å². The van der Waals surface area contributed by atoms with Crippen LogP contribution in [0.3, 0.4) is 0 Å². The lowest BCUT2D eigenvalue weighted by atomic mass is 9.96. The van der Waals surface area contributed by atoms with Crippen LogP contribution in [0.4, 0.5) is 4.79 Å². The summed E-state index contributed by atoms with van der Waals surface area (Å²) in [5.74, 6) is -0.446. The van der Waals surface area contributed by atoms with Crippen LogP contribution in [-0.4, -0.2) is 52.1 Å². The summed E-state index contributed by atoms with van der Waals surface area (Å²) in [6.07, 6.45) is 0. The molecule has 1 heterocycles. The number of carbonyl (C=O) groups excluding carboxylic acids is 1. The Morgan fingerprint density at radius 3 is 2.58 bits per heavy atom. The summed E-state index contributed by atoms with van der Waals surface area (Å²) in [5, 5.41) is 12.3. The lowest BCUT2D eigenvalue weighted by Gasteiger charge is -2.37. The van der Waals surface area contributed by atoms with Crippen molar-refractivity contribution in [1.29, 1.82) is 0 Å². The first kappa shape index (κ1) is 16.1. The number of aliphatic carboxylic acids is 1. The Hall–Kier alpha value is -0.910. The van der Waals surface area contributed by atoms with Crippen LogP contribution in [0.2, 0.25) is 0 Å². The Kier molecular flexibility index (Phi) is 5.97. The van der Waals surface area contributed by atoms with Gasteiger partial charge in [0, 0.05) is 30.1 Å². The molecule has 0 aromatic heterocycles. The quantitative estimate of drug-likeness (QED) is 0.828. The van der Waals surface area contributed by atoms with E-state index >= 15 is 0 Å². The van der Waals surface area contributed by atoms with E-state index in [0.717, 1.165) is 12.3 Å². The fourth-order valence-corrected chi connectivity index (χ4v) is 3.23. The molecule has 110 valence electrons. The van der Waals surface area contributed by atoms with Crippen LogP contribution in [-0.2, 0) is 4.79 Å². The summed E-state index contributed by atoms with van der Waals surface area (Å²) >= 11 is 1.87. The van der Waals surface area contributed by atoms with Crippen molar-refractivity contribution >= 4 is 23.8 Å². The zero-order valence-corrected chi connectivity index (χ0v) is 12.9. The third kappa shape index (κ3) is 4.30. The van der Waals surface area contributed by atoms with Gasteiger partial charge in [0.25, 0.3) is 0 Å². The third-order valence-electron chi connectivity index (χ3n) is 3.74. The van der Waals surface area contributed by atoms with Gasteiger partial charge in [0.15, 0.2) is 0 Å². The second kappa shape index (κ2) is 7.03. The number of nitrogens with zero attached hydrogens (tertiary/aromatic N) is 1. The molecule has 1 aliphatic heterocycles. The molecule has 1 fully saturated rings. The van der Waals surface area contributed by atoms with Crippen molar-refractivity contribution in [2.75, 3.05) is 18.8 Å². The van der Waals surface area contributed by atoms with E-state index in [2.05, 4.69) is 12.2 Å². The highest BCUT2D eigenvalue weighted by Gasteiger charge is 2.30. The SMILES string of the molecule is CC(C)C(CNC(=O)N1CCSC(C)C1C)C(=O)O. The van der Waals surface area contributed by atoms with Crippen molar-refractivity contribution in [2.45, 2.75) is 39.0 Å². The molecular formula is C13H24N2O3S. The van der Waals surface area contributed by atoms with Gasteiger partial charge in [0.2, 0.25) is 0 Å². The van der Waals surface area contributed by atoms with Gasteiger partial charge in [0.1, 0.15) is 0 Å². The van der Waals surface area contributed by atoms with E-state index in [4.69, 9.17) is 5.11 Å². The Morgan fingerprint density at radius 2 is 2.05 bits per heavy atom. The fraction of sp³-hybridized carbons (Fsp3) is 0.846. The monoisotopic (exact) mass is 288 g/mol. The van der Waals surface area contributed by atoms with Crippen LogP contribution in [0.5, 0.6) is 0 Å². The summed E-state index contributed by atoms with van der Waals surface area (Å²) in [7, 11) is 0. The molecule has 0 aliphatic carbocycles. The van der Waals surface area contributed by atoms with E-state index in [0.29, 0.717) is 5.25 Å². The molecule has 0 aromatic rings. The van der Waals surface area contributed by atoms with Crippen LogP contribution < -0.4 is 5.32 Å². The number of thioether (sulfide) groups is 1. The van der Waals surface area contributed by atoms with Crippen molar-refractivity contribution < 1.29 is 14.7 Å². The van der Waals surface area contributed by atoms with E-state index in [-0.39, 0.29) is 24.5 Å². The van der Waals surface area contributed by atoms with Crippen LogP contribution in [0.25, 0.3) is 0 Å². The van der Waals surface area contributed by atoms with Gasteiger partial charge >= 0.3 is 12.0 Å². The van der Waals surface area contributed by atoms with Gasteiger partial charge < -0.3 is 15.3 Å². The van der Waals surface area contributed by atoms with E-state index in [1.54, 1.807) is 4.90 Å². The van der Waals surface area contributed by atoms with Crippen LogP contribution >= 0.6 is 11.8 Å². The van der Waals surface area contributed by atoms with Crippen LogP contribution in [0.1, 0.15) is 27.7 Å². The van der Waals surface area contributed by atoms with Gasteiger partial charge in [-0.3, -0.25) is 4.79 Å². The lowest BCUT2D eigenvalue weighted by molar-refractivity contribution is -0.142. The summed E-state index contributed by atoms with van der Waals surface area (Å²) < 4.78 is 0. The second-order valence-corrected chi connectivity index (χ2v) is 6.87. The van der Waals surface area contributed by atoms with Gasteiger partial charge in [0.05, 0.1) is 5.92 Å². The maximum Gasteiger partial charge on any atom is 0.317 e. The van der Waals surface area contributed by atoms with Crippen molar-refractivity contribution in [2.24, 2.45) is 11.8 Å². The molecule has 0 spiro atoms. The summed E-state index contributed by atoms with van der Waals surface area (Å²) in [6.45, 7) is 8.77. The lowest BCUT2D eigenvalue weighted by Crippen LogP contribution is -2.53. The average Bonchev–Trinajstić information content (AvgIpc) is 2.31. The third-order valence-corrected chi connectivity index (χ3v) is 5.08. The zero-order chi connectivity index (χ0) is 14.6. The van der Waals surface area contributed by atoms with Crippen LogP contribution in [0, 0.1) is 11.8 Å². The average molecular weight is 288 g/mol. The Morgan fingerprint density at radius 1 is 1.42 bits per heavy atom. The van der Waals surface area contributed by atoms with Gasteiger partial charge in [-0.15, -0.1) is 0 Å². The number of carboxylic acids is 1. The summed E-state index contributed by atoms with van der Waals surface area (Å²) in [6, 6.07) is 0.0348. The number of rotatable bonds is 4. The van der Waals surface area contributed by atoms with Gasteiger partial charge in [-0.25, -0.2) is 4.79 Å². The molecule has 1 rings (SSSR count). The molecule has 1 saturated heterocycles. The number of hydrogen-bond donors (Lipinski definition) is 2. The maximum absolute atomic E-state index is 12.1. The molecule has 2 amide bonds. The highest BCUT2D eigenvalue weighted by molar-refractivity contribution is 8.00. The molecule has 0 saturated carbocycles. The number of hydrogen-bond acceptors (Lipinski definition) is 3. The maximum atomic E-state index is 12.1. The predicted molar refractivity (Wildman–Crippen MR) is 77.5 cm³/mol. The molecule has 19 heavy (non-hydrogen) atoms. The van der Waals surface area contributed by atoms with Crippen molar-refractivity contribution in [1.82, 2.24) is 10.2 Å². The molecule has 5 nitrogen and oxygen atoms in total. The van der Waals surface area contributed by atoms with E-state index < -0.39 is 11.9 Å². The summed E-state index contributed by atoms with van der Waals surface area (Å²) in [5.41, 5.74) is 0. The van der Waals surface area contributed by atoms with Gasteiger partial charge in [-0.1, -0.05) is 20.8 Å². The first-order chi connectivity index (χ1) is 8.84. The van der Waals surface area contributed by atoms with Crippen molar-refractivity contribution in [3.05, 3.63) is 0 Å². The minimum atomic E-state index is -0.856. The topological polar surface area (TPSA) is 69.6 Å². The Labute approximate surface area is 119 Å². The first-order valence-corrected chi connectivity index (χ1v) is 7.78. The minimum absolute atomic E-state index is 0.00561.